The number of esters is 1. The van der Waals surface area contributed by atoms with Crippen LogP contribution in [0.5, 0.6) is 11.5 Å². The number of likely N-dealkylation sites (tertiary alicyclic amines) is 1. The van der Waals surface area contributed by atoms with Crippen LogP contribution in [0.2, 0.25) is 0 Å². The van der Waals surface area contributed by atoms with Crippen molar-refractivity contribution < 1.29 is 27.8 Å². The van der Waals surface area contributed by atoms with Gasteiger partial charge in [-0.25, -0.2) is 4.79 Å². The Balaban J connectivity index is 1.94. The van der Waals surface area contributed by atoms with Crippen LogP contribution in [0.25, 0.3) is 0 Å². The quantitative estimate of drug-likeness (QED) is 0.749. The zero-order valence-corrected chi connectivity index (χ0v) is 15.1. The maximum atomic E-state index is 12.5. The van der Waals surface area contributed by atoms with Crippen molar-refractivity contribution in [3.63, 3.8) is 0 Å². The molecule has 3 rings (SSSR count). The van der Waals surface area contributed by atoms with E-state index in [1.807, 2.05) is 31.3 Å². The highest BCUT2D eigenvalue weighted by Crippen LogP contribution is 2.49. The SMILES string of the molecule is COc1ccc([C@@]23CCC(OC(=O)C(F)F)=C[C@@H]2N(C)CC3)cc1OC. The first-order chi connectivity index (χ1) is 12.4. The van der Waals surface area contributed by atoms with E-state index in [0.717, 1.165) is 18.5 Å². The van der Waals surface area contributed by atoms with Crippen LogP contribution in [0, 0.1) is 0 Å². The van der Waals surface area contributed by atoms with Gasteiger partial charge in [-0.2, -0.15) is 8.78 Å². The molecule has 1 fully saturated rings. The van der Waals surface area contributed by atoms with E-state index in [2.05, 4.69) is 4.90 Å². The van der Waals surface area contributed by atoms with Gasteiger partial charge in [0.1, 0.15) is 5.76 Å². The normalized spacial score (nSPS) is 25.6. The zero-order chi connectivity index (χ0) is 18.9. The number of halogens is 2. The largest absolute Gasteiger partial charge is 0.493 e. The minimum absolute atomic E-state index is 0.0326. The summed E-state index contributed by atoms with van der Waals surface area (Å²) in [6.07, 6.45) is 0.774. The van der Waals surface area contributed by atoms with Crippen LogP contribution < -0.4 is 9.47 Å². The molecule has 0 saturated carbocycles. The fraction of sp³-hybridized carbons (Fsp3) is 0.526. The van der Waals surface area contributed by atoms with Gasteiger partial charge in [0.25, 0.3) is 0 Å². The summed E-state index contributed by atoms with van der Waals surface area (Å²) >= 11 is 0. The number of likely N-dealkylation sites (N-methyl/N-ethyl adjacent to an activating group) is 1. The molecule has 142 valence electrons. The van der Waals surface area contributed by atoms with Crippen molar-refractivity contribution in [2.75, 3.05) is 27.8 Å². The van der Waals surface area contributed by atoms with Gasteiger partial charge in [0.05, 0.1) is 14.2 Å². The van der Waals surface area contributed by atoms with Crippen LogP contribution in [0.3, 0.4) is 0 Å². The van der Waals surface area contributed by atoms with Crippen molar-refractivity contribution in [1.82, 2.24) is 4.90 Å². The Morgan fingerprint density at radius 2 is 1.96 bits per heavy atom. The van der Waals surface area contributed by atoms with Gasteiger partial charge in [-0.3, -0.25) is 4.90 Å². The van der Waals surface area contributed by atoms with Crippen molar-refractivity contribution in [3.05, 3.63) is 35.6 Å². The van der Waals surface area contributed by atoms with Gasteiger partial charge < -0.3 is 14.2 Å². The number of allylic oxidation sites excluding steroid dienone is 1. The Morgan fingerprint density at radius 3 is 2.62 bits per heavy atom. The van der Waals surface area contributed by atoms with E-state index in [-0.39, 0.29) is 11.5 Å². The van der Waals surface area contributed by atoms with Gasteiger partial charge in [-0.05, 0) is 50.2 Å². The summed E-state index contributed by atoms with van der Waals surface area (Å²) in [5.41, 5.74) is 0.940. The van der Waals surface area contributed by atoms with E-state index < -0.39 is 12.4 Å². The number of hydrogen-bond acceptors (Lipinski definition) is 5. The molecule has 0 amide bonds. The summed E-state index contributed by atoms with van der Waals surface area (Å²) in [7, 11) is 5.18. The third-order valence-electron chi connectivity index (χ3n) is 5.48. The molecule has 0 radical (unpaired) electrons. The van der Waals surface area contributed by atoms with Crippen LogP contribution >= 0.6 is 0 Å². The predicted octanol–water partition coefficient (Wildman–Crippen LogP) is 3.13. The highest BCUT2D eigenvalue weighted by molar-refractivity contribution is 5.74. The second-order valence-corrected chi connectivity index (χ2v) is 6.76. The number of carbonyl (C=O) groups is 1. The van der Waals surface area contributed by atoms with Crippen molar-refractivity contribution in [2.24, 2.45) is 0 Å². The zero-order valence-electron chi connectivity index (χ0n) is 15.1. The topological polar surface area (TPSA) is 48.0 Å². The fourth-order valence-corrected chi connectivity index (χ4v) is 4.11. The lowest BCUT2D eigenvalue weighted by atomic mass is 9.68. The number of methoxy groups -OCH3 is 2. The molecule has 26 heavy (non-hydrogen) atoms. The molecule has 1 aromatic rings. The number of alkyl halides is 2. The Bertz CT molecular complexity index is 721. The molecule has 2 atom stereocenters. The number of nitrogens with zero attached hydrogens (tertiary/aromatic N) is 1. The van der Waals surface area contributed by atoms with Gasteiger partial charge >= 0.3 is 12.4 Å². The minimum Gasteiger partial charge on any atom is -0.493 e. The Labute approximate surface area is 151 Å². The molecule has 1 aliphatic heterocycles. The van der Waals surface area contributed by atoms with Crippen LogP contribution in [0.4, 0.5) is 8.78 Å². The van der Waals surface area contributed by atoms with E-state index >= 15 is 0 Å². The molecule has 0 spiro atoms. The summed E-state index contributed by atoms with van der Waals surface area (Å²) in [5, 5.41) is 0. The average molecular weight is 367 g/mol. The third kappa shape index (κ3) is 3.16. The van der Waals surface area contributed by atoms with E-state index in [0.29, 0.717) is 30.1 Å². The van der Waals surface area contributed by atoms with Crippen LogP contribution in [-0.2, 0) is 14.9 Å². The number of carbonyl (C=O) groups excluding carboxylic acids is 1. The molecule has 0 bridgehead atoms. The Kier molecular flexibility index (Phi) is 5.18. The second-order valence-electron chi connectivity index (χ2n) is 6.76. The lowest BCUT2D eigenvalue weighted by Crippen LogP contribution is -2.42. The van der Waals surface area contributed by atoms with Crippen molar-refractivity contribution in [1.29, 1.82) is 0 Å². The van der Waals surface area contributed by atoms with Crippen molar-refractivity contribution in [3.8, 4) is 11.5 Å². The average Bonchev–Trinajstić information content (AvgIpc) is 2.98. The van der Waals surface area contributed by atoms with Gasteiger partial charge in [0.15, 0.2) is 11.5 Å². The minimum atomic E-state index is -3.12. The number of ether oxygens (including phenoxy) is 3. The maximum Gasteiger partial charge on any atom is 0.378 e. The molecule has 2 aliphatic rings. The molecular weight excluding hydrogens is 344 g/mol. The molecule has 0 unspecified atom stereocenters. The molecule has 0 N–H and O–H groups in total. The lowest BCUT2D eigenvalue weighted by Gasteiger charge is -2.40. The first kappa shape index (κ1) is 18.6. The van der Waals surface area contributed by atoms with E-state index in [1.165, 1.54) is 0 Å². The molecule has 1 saturated heterocycles. The van der Waals surface area contributed by atoms with Crippen LogP contribution in [0.15, 0.2) is 30.0 Å². The van der Waals surface area contributed by atoms with Gasteiger partial charge in [-0.1, -0.05) is 6.07 Å². The smallest absolute Gasteiger partial charge is 0.378 e. The van der Waals surface area contributed by atoms with Gasteiger partial charge in [-0.15, -0.1) is 0 Å². The summed E-state index contributed by atoms with van der Waals surface area (Å²) < 4.78 is 40.6. The predicted molar refractivity (Wildman–Crippen MR) is 91.7 cm³/mol. The van der Waals surface area contributed by atoms with E-state index in [9.17, 15) is 13.6 Å². The Morgan fingerprint density at radius 1 is 1.23 bits per heavy atom. The summed E-state index contributed by atoms with van der Waals surface area (Å²) in [4.78, 5) is 13.4. The molecule has 1 heterocycles. The number of fused-ring (bicyclic) bond motifs is 1. The van der Waals surface area contributed by atoms with E-state index in [1.54, 1.807) is 14.2 Å². The number of benzene rings is 1. The van der Waals surface area contributed by atoms with Gasteiger partial charge in [0, 0.05) is 17.9 Å². The fourth-order valence-electron chi connectivity index (χ4n) is 4.11. The highest BCUT2D eigenvalue weighted by atomic mass is 19.3. The van der Waals surface area contributed by atoms with Crippen molar-refractivity contribution in [2.45, 2.75) is 37.1 Å². The second kappa shape index (κ2) is 7.23. The maximum absolute atomic E-state index is 12.5. The summed E-state index contributed by atoms with van der Waals surface area (Å²) in [6.45, 7) is 0.867. The molecular formula is C19H23F2NO4. The third-order valence-corrected chi connectivity index (χ3v) is 5.48. The lowest BCUT2D eigenvalue weighted by molar-refractivity contribution is -0.152. The molecule has 5 nitrogen and oxygen atoms in total. The highest BCUT2D eigenvalue weighted by Gasteiger charge is 2.48. The van der Waals surface area contributed by atoms with Crippen LogP contribution in [-0.4, -0.2) is 51.1 Å². The van der Waals surface area contributed by atoms with Gasteiger partial charge in [0.2, 0.25) is 0 Å². The molecule has 1 aliphatic carbocycles. The Hall–Kier alpha value is -2.15. The molecule has 7 heteroatoms. The van der Waals surface area contributed by atoms with Crippen LogP contribution in [0.1, 0.15) is 24.8 Å². The monoisotopic (exact) mass is 367 g/mol. The van der Waals surface area contributed by atoms with E-state index in [4.69, 9.17) is 14.2 Å². The van der Waals surface area contributed by atoms with Crippen molar-refractivity contribution >= 4 is 5.97 Å². The number of hydrogen-bond donors (Lipinski definition) is 0. The number of rotatable bonds is 5. The summed E-state index contributed by atoms with van der Waals surface area (Å²) in [5.74, 6) is 0.153. The first-order valence-corrected chi connectivity index (χ1v) is 8.54. The standard InChI is InChI=1S/C19H23F2NO4/c1-22-9-8-19(12-4-5-14(24-2)15(10-12)25-3)7-6-13(11-16(19)22)26-18(23)17(20)21/h4-5,10-11,16-17H,6-9H2,1-3H3/t16-,19-/m0/s1. The summed E-state index contributed by atoms with van der Waals surface area (Å²) in [6, 6.07) is 5.86. The first-order valence-electron chi connectivity index (χ1n) is 8.54. The molecule has 1 aromatic carbocycles. The molecule has 0 aromatic heterocycles.